The molecular weight excluding hydrogens is 260 g/mol. The summed E-state index contributed by atoms with van der Waals surface area (Å²) in [5.41, 5.74) is 0. The number of ether oxygens (including phenoxy) is 1. The van der Waals surface area contributed by atoms with Crippen LogP contribution in [-0.2, 0) is 14.6 Å². The van der Waals surface area contributed by atoms with Crippen molar-refractivity contribution in [2.45, 2.75) is 41.9 Å². The second-order valence-electron chi connectivity index (χ2n) is 5.70. The van der Waals surface area contributed by atoms with E-state index in [1.807, 2.05) is 6.07 Å². The molecule has 3 aliphatic rings. The summed E-state index contributed by atoms with van der Waals surface area (Å²) in [6.07, 6.45) is 4.16. The Bertz CT molecular complexity index is 530. The summed E-state index contributed by atoms with van der Waals surface area (Å²) >= 11 is 0. The fourth-order valence-electron chi connectivity index (χ4n) is 3.86. The van der Waals surface area contributed by atoms with Gasteiger partial charge in [-0.1, -0.05) is 18.2 Å². The van der Waals surface area contributed by atoms with Crippen molar-refractivity contribution in [2.75, 3.05) is 7.11 Å². The van der Waals surface area contributed by atoms with Crippen molar-refractivity contribution >= 4 is 9.84 Å². The third kappa shape index (κ3) is 2.11. The molecule has 1 aromatic rings. The van der Waals surface area contributed by atoms with Crippen LogP contribution in [0.5, 0.6) is 0 Å². The maximum absolute atomic E-state index is 12.9. The molecule has 2 atom stereocenters. The largest absolute Gasteiger partial charge is 0.380 e. The van der Waals surface area contributed by atoms with Gasteiger partial charge in [-0.3, -0.25) is 0 Å². The number of hydrogen-bond donors (Lipinski definition) is 0. The molecule has 0 aromatic heterocycles. The van der Waals surface area contributed by atoms with E-state index in [2.05, 4.69) is 0 Å². The van der Waals surface area contributed by atoms with Crippen LogP contribution >= 0.6 is 0 Å². The van der Waals surface area contributed by atoms with Gasteiger partial charge in [-0.25, -0.2) is 8.42 Å². The third-order valence-corrected chi connectivity index (χ3v) is 7.07. The summed E-state index contributed by atoms with van der Waals surface area (Å²) in [6, 6.07) is 8.82. The van der Waals surface area contributed by atoms with Gasteiger partial charge in [0, 0.05) is 7.11 Å². The fourth-order valence-corrected chi connectivity index (χ4v) is 6.18. The van der Waals surface area contributed by atoms with Gasteiger partial charge in [0.15, 0.2) is 9.84 Å². The average molecular weight is 280 g/mol. The molecule has 3 aliphatic carbocycles. The van der Waals surface area contributed by atoms with Gasteiger partial charge >= 0.3 is 0 Å². The van der Waals surface area contributed by atoms with Gasteiger partial charge in [-0.15, -0.1) is 0 Å². The van der Waals surface area contributed by atoms with E-state index in [1.54, 1.807) is 31.4 Å². The van der Waals surface area contributed by atoms with Crippen molar-refractivity contribution in [2.24, 2.45) is 11.8 Å². The first kappa shape index (κ1) is 13.1. The zero-order valence-electron chi connectivity index (χ0n) is 11.2. The molecule has 0 N–H and O–H groups in total. The van der Waals surface area contributed by atoms with Crippen molar-refractivity contribution in [3.63, 3.8) is 0 Å². The molecule has 3 nitrogen and oxygen atoms in total. The molecule has 3 saturated carbocycles. The third-order valence-electron chi connectivity index (χ3n) is 4.77. The Labute approximate surface area is 114 Å². The van der Waals surface area contributed by atoms with Crippen molar-refractivity contribution in [3.05, 3.63) is 30.3 Å². The lowest BCUT2D eigenvalue weighted by atomic mass is 9.68. The van der Waals surface area contributed by atoms with Crippen LogP contribution in [0, 0.1) is 11.8 Å². The van der Waals surface area contributed by atoms with E-state index in [0.29, 0.717) is 10.8 Å². The summed E-state index contributed by atoms with van der Waals surface area (Å²) in [5.74, 6) is 0.679. The first-order valence-corrected chi connectivity index (χ1v) is 8.51. The van der Waals surface area contributed by atoms with E-state index >= 15 is 0 Å². The lowest BCUT2D eigenvalue weighted by Gasteiger charge is -2.47. The van der Waals surface area contributed by atoms with E-state index in [4.69, 9.17) is 4.74 Å². The van der Waals surface area contributed by atoms with Crippen LogP contribution in [0.25, 0.3) is 0 Å². The molecule has 0 heterocycles. The average Bonchev–Trinajstić information content (AvgIpc) is 2.48. The lowest BCUT2D eigenvalue weighted by Crippen LogP contribution is -2.52. The molecule has 4 rings (SSSR count). The van der Waals surface area contributed by atoms with Crippen molar-refractivity contribution < 1.29 is 13.2 Å². The minimum Gasteiger partial charge on any atom is -0.380 e. The molecule has 19 heavy (non-hydrogen) atoms. The number of rotatable bonds is 3. The molecule has 3 fully saturated rings. The van der Waals surface area contributed by atoms with Crippen LogP contribution in [0.2, 0.25) is 0 Å². The summed E-state index contributed by atoms with van der Waals surface area (Å²) in [5, 5.41) is -0.354. The molecule has 0 amide bonds. The lowest BCUT2D eigenvalue weighted by molar-refractivity contribution is -0.0248. The van der Waals surface area contributed by atoms with Crippen molar-refractivity contribution in [3.8, 4) is 0 Å². The Morgan fingerprint density at radius 3 is 2.16 bits per heavy atom. The highest BCUT2D eigenvalue weighted by molar-refractivity contribution is 7.92. The molecule has 0 saturated heterocycles. The molecule has 104 valence electrons. The van der Waals surface area contributed by atoms with Crippen LogP contribution < -0.4 is 0 Å². The van der Waals surface area contributed by atoms with Crippen molar-refractivity contribution in [1.82, 2.24) is 0 Å². The van der Waals surface area contributed by atoms with Crippen LogP contribution in [0.3, 0.4) is 0 Å². The minimum atomic E-state index is -3.28. The maximum Gasteiger partial charge on any atom is 0.184 e. The highest BCUT2D eigenvalue weighted by Gasteiger charge is 2.50. The van der Waals surface area contributed by atoms with Crippen molar-refractivity contribution in [1.29, 1.82) is 0 Å². The number of sulfone groups is 1. The predicted octanol–water partition coefficient (Wildman–Crippen LogP) is 2.66. The molecule has 0 spiro atoms. The summed E-state index contributed by atoms with van der Waals surface area (Å²) in [7, 11) is -1.63. The van der Waals surface area contributed by atoms with E-state index in [1.165, 1.54) is 0 Å². The van der Waals surface area contributed by atoms with Gasteiger partial charge in [-0.2, -0.15) is 0 Å². The summed E-state index contributed by atoms with van der Waals surface area (Å²) in [4.78, 5) is 0.439. The van der Waals surface area contributed by atoms with E-state index in [9.17, 15) is 8.42 Å². The molecule has 0 aliphatic heterocycles. The SMILES string of the molecule is CO[C@@H]1C2CCC(CC2)[C@@H]1S(=O)(=O)c1ccccc1. The second-order valence-corrected chi connectivity index (χ2v) is 7.80. The molecule has 2 bridgehead atoms. The number of hydrogen-bond acceptors (Lipinski definition) is 3. The van der Waals surface area contributed by atoms with E-state index in [0.717, 1.165) is 25.7 Å². The Balaban J connectivity index is 2.00. The zero-order valence-corrected chi connectivity index (χ0v) is 12.0. The smallest absolute Gasteiger partial charge is 0.184 e. The Morgan fingerprint density at radius 1 is 1.00 bits per heavy atom. The Kier molecular flexibility index (Phi) is 3.39. The molecule has 1 aromatic carbocycles. The monoisotopic (exact) mass is 280 g/mol. The number of benzene rings is 1. The van der Waals surface area contributed by atoms with Gasteiger partial charge in [0.05, 0.1) is 16.2 Å². The minimum absolute atomic E-state index is 0.127. The van der Waals surface area contributed by atoms with Gasteiger partial charge in [-0.05, 0) is 49.7 Å². The topological polar surface area (TPSA) is 43.4 Å². The zero-order chi connectivity index (χ0) is 13.5. The van der Waals surface area contributed by atoms with Crippen LogP contribution in [0.4, 0.5) is 0 Å². The molecule has 4 heteroatoms. The highest BCUT2D eigenvalue weighted by Crippen LogP contribution is 2.46. The highest BCUT2D eigenvalue weighted by atomic mass is 32.2. The first-order valence-electron chi connectivity index (χ1n) is 6.96. The molecule has 0 radical (unpaired) electrons. The molecule has 0 unspecified atom stereocenters. The van der Waals surface area contributed by atoms with Crippen LogP contribution in [0.15, 0.2) is 35.2 Å². The first-order chi connectivity index (χ1) is 9.14. The normalized spacial score (nSPS) is 34.4. The standard InChI is InChI=1S/C15H20O3S/c1-18-14-11-7-9-12(10-8-11)15(14)19(16,17)13-5-3-2-4-6-13/h2-6,11-12,14-15H,7-10H2,1H3/t11?,12?,14-,15+/m1/s1. The van der Waals surface area contributed by atoms with Crippen LogP contribution in [-0.4, -0.2) is 26.9 Å². The van der Waals surface area contributed by atoms with Gasteiger partial charge in [0.2, 0.25) is 0 Å². The maximum atomic E-state index is 12.9. The van der Waals surface area contributed by atoms with E-state index in [-0.39, 0.29) is 17.3 Å². The van der Waals surface area contributed by atoms with Gasteiger partial charge in [0.1, 0.15) is 0 Å². The predicted molar refractivity (Wildman–Crippen MR) is 73.7 cm³/mol. The second kappa shape index (κ2) is 4.91. The Hall–Kier alpha value is -0.870. The molecular formula is C15H20O3S. The number of methoxy groups -OCH3 is 1. The Morgan fingerprint density at radius 2 is 1.58 bits per heavy atom. The van der Waals surface area contributed by atoms with E-state index < -0.39 is 9.84 Å². The quantitative estimate of drug-likeness (QED) is 0.855. The van der Waals surface area contributed by atoms with Gasteiger partial charge in [0.25, 0.3) is 0 Å². The summed E-state index contributed by atoms with van der Waals surface area (Å²) in [6.45, 7) is 0. The fraction of sp³-hybridized carbons (Fsp3) is 0.600. The summed E-state index contributed by atoms with van der Waals surface area (Å²) < 4.78 is 31.3. The van der Waals surface area contributed by atoms with Gasteiger partial charge < -0.3 is 4.74 Å². The van der Waals surface area contributed by atoms with Crippen LogP contribution in [0.1, 0.15) is 25.7 Å². The number of fused-ring (bicyclic) bond motifs is 3.